The Morgan fingerprint density at radius 3 is 2.93 bits per heavy atom. The van der Waals surface area contributed by atoms with Gasteiger partial charge in [-0.2, -0.15) is 0 Å². The van der Waals surface area contributed by atoms with Gasteiger partial charge in [0.05, 0.1) is 22.8 Å². The van der Waals surface area contributed by atoms with Crippen molar-refractivity contribution in [1.82, 2.24) is 9.88 Å². The van der Waals surface area contributed by atoms with Crippen molar-refractivity contribution in [1.29, 1.82) is 0 Å². The molecular weight excluding hydrogens is 364 g/mol. The van der Waals surface area contributed by atoms with E-state index in [1.807, 2.05) is 24.3 Å². The number of nitrogens with zero attached hydrogens (tertiary/aromatic N) is 1. The molecule has 27 heavy (non-hydrogen) atoms. The summed E-state index contributed by atoms with van der Waals surface area (Å²) in [6.07, 6.45) is 1.50. The molecule has 0 radical (unpaired) electrons. The number of esters is 1. The smallest absolute Gasteiger partial charge is 0.310 e. The number of fused-ring (bicyclic) bond motifs is 3. The fraction of sp³-hybridized carbons (Fsp3) is 0.350. The number of ether oxygens (including phenoxy) is 1. The van der Waals surface area contributed by atoms with Gasteiger partial charge < -0.3 is 14.6 Å². The molecule has 1 atom stereocenters. The summed E-state index contributed by atoms with van der Waals surface area (Å²) < 4.78 is 5.92. The number of hydrogen-bond acceptors (Lipinski definition) is 5. The maximum Gasteiger partial charge on any atom is 0.310 e. The van der Waals surface area contributed by atoms with Gasteiger partial charge in [0.1, 0.15) is 0 Å². The van der Waals surface area contributed by atoms with Crippen molar-refractivity contribution in [2.24, 2.45) is 5.92 Å². The summed E-state index contributed by atoms with van der Waals surface area (Å²) in [5.41, 5.74) is 0.568. The first-order valence-electron chi connectivity index (χ1n) is 9.09. The molecule has 1 saturated heterocycles. The van der Waals surface area contributed by atoms with Crippen LogP contribution in [0.4, 0.5) is 0 Å². The topological polar surface area (TPSA) is 79.5 Å². The van der Waals surface area contributed by atoms with E-state index >= 15 is 0 Å². The Kier molecular flexibility index (Phi) is 4.70. The Morgan fingerprint density at radius 2 is 2.11 bits per heavy atom. The van der Waals surface area contributed by atoms with E-state index in [1.165, 1.54) is 11.3 Å². The summed E-state index contributed by atoms with van der Waals surface area (Å²) in [7, 11) is 0. The normalized spacial score (nSPS) is 17.4. The fourth-order valence-corrected chi connectivity index (χ4v) is 4.78. The van der Waals surface area contributed by atoms with Gasteiger partial charge >= 0.3 is 5.97 Å². The van der Waals surface area contributed by atoms with Crippen molar-refractivity contribution in [3.05, 3.63) is 45.6 Å². The van der Waals surface area contributed by atoms with E-state index in [1.54, 1.807) is 17.9 Å². The number of thiophene rings is 1. The maximum atomic E-state index is 13.0. The molecule has 1 aliphatic rings. The number of amides is 1. The second-order valence-corrected chi connectivity index (χ2v) is 7.75. The summed E-state index contributed by atoms with van der Waals surface area (Å²) in [5, 5.41) is 1.46. The number of hydrogen-bond donors (Lipinski definition) is 1. The van der Waals surface area contributed by atoms with Gasteiger partial charge in [-0.25, -0.2) is 0 Å². The van der Waals surface area contributed by atoms with Crippen LogP contribution in [0.1, 0.15) is 29.4 Å². The highest BCUT2D eigenvalue weighted by molar-refractivity contribution is 7.21. The number of H-pyrrole nitrogens is 1. The largest absolute Gasteiger partial charge is 0.466 e. The standard InChI is InChI=1S/C20H20N2O4S/c1-2-26-20(25)12-6-5-9-22(11-12)19(24)16-10-14-17(27-16)13-7-3-4-8-15(13)21-18(14)23/h3-4,7-8,10,12H,2,5-6,9,11H2,1H3,(H,21,23)/t12-/m1/s1. The molecule has 0 bridgehead atoms. The first-order chi connectivity index (χ1) is 13.1. The summed E-state index contributed by atoms with van der Waals surface area (Å²) in [6, 6.07) is 9.24. The highest BCUT2D eigenvalue weighted by atomic mass is 32.1. The quantitative estimate of drug-likeness (QED) is 0.704. The summed E-state index contributed by atoms with van der Waals surface area (Å²) in [5.74, 6) is -0.649. The zero-order valence-corrected chi connectivity index (χ0v) is 15.8. The van der Waals surface area contributed by atoms with Crippen molar-refractivity contribution in [3.8, 4) is 0 Å². The van der Waals surface area contributed by atoms with Gasteiger partial charge in [0.2, 0.25) is 0 Å². The lowest BCUT2D eigenvalue weighted by Gasteiger charge is -2.31. The molecule has 3 aromatic rings. The third-order valence-electron chi connectivity index (χ3n) is 4.94. The van der Waals surface area contributed by atoms with Crippen LogP contribution in [0.5, 0.6) is 0 Å². The Morgan fingerprint density at radius 1 is 1.30 bits per heavy atom. The molecule has 0 spiro atoms. The predicted molar refractivity (Wildman–Crippen MR) is 105 cm³/mol. The molecule has 6 nitrogen and oxygen atoms in total. The second kappa shape index (κ2) is 7.15. The van der Waals surface area contributed by atoms with E-state index in [-0.39, 0.29) is 23.4 Å². The van der Waals surface area contributed by atoms with Crippen LogP contribution in [-0.2, 0) is 9.53 Å². The number of carbonyl (C=O) groups is 2. The average Bonchev–Trinajstić information content (AvgIpc) is 3.14. The first kappa shape index (κ1) is 17.7. The molecular formula is C20H20N2O4S. The van der Waals surface area contributed by atoms with Crippen molar-refractivity contribution >= 4 is 44.2 Å². The van der Waals surface area contributed by atoms with Crippen LogP contribution < -0.4 is 5.56 Å². The van der Waals surface area contributed by atoms with E-state index in [4.69, 9.17) is 4.74 Å². The minimum atomic E-state index is -0.277. The van der Waals surface area contributed by atoms with Crippen LogP contribution in [0.15, 0.2) is 35.1 Å². The maximum absolute atomic E-state index is 13.0. The molecule has 140 valence electrons. The highest BCUT2D eigenvalue weighted by Gasteiger charge is 2.30. The number of carbonyl (C=O) groups excluding carboxylic acids is 2. The molecule has 1 fully saturated rings. The third kappa shape index (κ3) is 3.23. The van der Waals surface area contributed by atoms with Crippen LogP contribution in [-0.4, -0.2) is 41.5 Å². The molecule has 4 rings (SSSR count). The lowest BCUT2D eigenvalue weighted by molar-refractivity contribution is -0.149. The van der Waals surface area contributed by atoms with Gasteiger partial charge in [0.25, 0.3) is 11.5 Å². The molecule has 1 aliphatic heterocycles. The second-order valence-electron chi connectivity index (χ2n) is 6.70. The van der Waals surface area contributed by atoms with Gasteiger partial charge in [0, 0.05) is 28.7 Å². The Hall–Kier alpha value is -2.67. The van der Waals surface area contributed by atoms with Crippen molar-refractivity contribution in [3.63, 3.8) is 0 Å². The van der Waals surface area contributed by atoms with Crippen molar-refractivity contribution in [2.45, 2.75) is 19.8 Å². The monoisotopic (exact) mass is 384 g/mol. The van der Waals surface area contributed by atoms with E-state index in [2.05, 4.69) is 4.98 Å². The highest BCUT2D eigenvalue weighted by Crippen LogP contribution is 2.31. The fourth-order valence-electron chi connectivity index (χ4n) is 3.61. The Labute approximate surface area is 159 Å². The van der Waals surface area contributed by atoms with Gasteiger partial charge in [-0.05, 0) is 31.9 Å². The summed E-state index contributed by atoms with van der Waals surface area (Å²) >= 11 is 1.34. The zero-order valence-electron chi connectivity index (χ0n) is 15.0. The molecule has 1 amide bonds. The molecule has 1 aromatic carbocycles. The van der Waals surface area contributed by atoms with Gasteiger partial charge in [-0.15, -0.1) is 11.3 Å². The van der Waals surface area contributed by atoms with Gasteiger partial charge in [-0.1, -0.05) is 18.2 Å². The number of aromatic nitrogens is 1. The van der Waals surface area contributed by atoms with Gasteiger partial charge in [-0.3, -0.25) is 14.4 Å². The van der Waals surface area contributed by atoms with Crippen LogP contribution in [0.2, 0.25) is 0 Å². The number of nitrogens with one attached hydrogen (secondary N) is 1. The lowest BCUT2D eigenvalue weighted by Crippen LogP contribution is -2.42. The molecule has 0 aliphatic carbocycles. The Balaban J connectivity index is 1.67. The SMILES string of the molecule is CCOC(=O)[C@@H]1CCCN(C(=O)c2cc3c(=O)[nH]c4ccccc4c3s2)C1. The minimum absolute atomic E-state index is 0.131. The number of likely N-dealkylation sites (tertiary alicyclic amines) is 1. The lowest BCUT2D eigenvalue weighted by atomic mass is 9.98. The average molecular weight is 384 g/mol. The van der Waals surface area contributed by atoms with E-state index < -0.39 is 0 Å². The van der Waals surface area contributed by atoms with Crippen LogP contribution in [0, 0.1) is 5.92 Å². The van der Waals surface area contributed by atoms with E-state index in [9.17, 15) is 14.4 Å². The minimum Gasteiger partial charge on any atom is -0.466 e. The predicted octanol–water partition coefficient (Wildman–Crippen LogP) is 3.16. The molecule has 2 aromatic heterocycles. The van der Waals surface area contributed by atoms with E-state index in [0.29, 0.717) is 30.0 Å². The number of aromatic amines is 1. The third-order valence-corrected chi connectivity index (χ3v) is 6.09. The molecule has 0 saturated carbocycles. The number of rotatable bonds is 3. The molecule has 0 unspecified atom stereocenters. The van der Waals surface area contributed by atoms with Crippen molar-refractivity contribution < 1.29 is 14.3 Å². The van der Waals surface area contributed by atoms with E-state index in [0.717, 1.165) is 28.4 Å². The molecule has 1 N–H and O–H groups in total. The molecule has 7 heteroatoms. The number of pyridine rings is 1. The van der Waals surface area contributed by atoms with Crippen molar-refractivity contribution in [2.75, 3.05) is 19.7 Å². The van der Waals surface area contributed by atoms with Crippen LogP contribution >= 0.6 is 11.3 Å². The zero-order chi connectivity index (χ0) is 19.0. The summed E-state index contributed by atoms with van der Waals surface area (Å²) in [4.78, 5) is 42.5. The van der Waals surface area contributed by atoms with Crippen LogP contribution in [0.25, 0.3) is 21.0 Å². The number of benzene rings is 1. The number of para-hydroxylation sites is 1. The first-order valence-corrected chi connectivity index (χ1v) is 9.90. The molecule has 3 heterocycles. The Bertz CT molecular complexity index is 1080. The summed E-state index contributed by atoms with van der Waals surface area (Å²) in [6.45, 7) is 3.10. The van der Waals surface area contributed by atoms with Crippen LogP contribution in [0.3, 0.4) is 0 Å². The van der Waals surface area contributed by atoms with Gasteiger partial charge in [0.15, 0.2) is 0 Å². The number of piperidine rings is 1.